The Kier molecular flexibility index (Phi) is 5.82. The summed E-state index contributed by atoms with van der Waals surface area (Å²) in [5, 5.41) is 2.75. The van der Waals surface area contributed by atoms with Crippen LogP contribution in [-0.2, 0) is 14.8 Å². The van der Waals surface area contributed by atoms with Gasteiger partial charge >= 0.3 is 0 Å². The van der Waals surface area contributed by atoms with Gasteiger partial charge in [0.15, 0.2) is 0 Å². The van der Waals surface area contributed by atoms with Gasteiger partial charge in [-0.1, -0.05) is 12.5 Å². The summed E-state index contributed by atoms with van der Waals surface area (Å²) in [7, 11) is -3.54. The summed E-state index contributed by atoms with van der Waals surface area (Å²) in [5.41, 5.74) is 1.28. The highest BCUT2D eigenvalue weighted by Crippen LogP contribution is 2.25. The quantitative estimate of drug-likeness (QED) is 0.792. The number of aryl methyl sites for hydroxylation is 2. The van der Waals surface area contributed by atoms with Gasteiger partial charge in [0.2, 0.25) is 15.9 Å². The number of sulfonamides is 1. The lowest BCUT2D eigenvalue weighted by Gasteiger charge is -2.26. The minimum absolute atomic E-state index is 0.205. The standard InChI is InChI=1S/C20H24N2O4S/c1-15-6-10-18(27(24,25)22-12-4-3-5-13-22)14-19(15)21-20(23)11-9-17-8-7-16(2)26-17/h6-11,14H,3-5,12-13H2,1-2H3,(H,21,23)/b11-9+. The third-order valence-corrected chi connectivity index (χ3v) is 6.47. The van der Waals surface area contributed by atoms with Crippen LogP contribution in [0.1, 0.15) is 36.3 Å². The molecule has 0 aliphatic carbocycles. The Labute approximate surface area is 159 Å². The van der Waals surface area contributed by atoms with E-state index in [0.29, 0.717) is 24.5 Å². The van der Waals surface area contributed by atoms with E-state index in [1.807, 2.05) is 19.9 Å². The van der Waals surface area contributed by atoms with Crippen LogP contribution in [0.15, 0.2) is 45.7 Å². The molecule has 2 heterocycles. The van der Waals surface area contributed by atoms with Crippen molar-refractivity contribution in [3.63, 3.8) is 0 Å². The van der Waals surface area contributed by atoms with Gasteiger partial charge in [0.25, 0.3) is 0 Å². The maximum Gasteiger partial charge on any atom is 0.248 e. The number of hydrogen-bond donors (Lipinski definition) is 1. The van der Waals surface area contributed by atoms with Crippen LogP contribution < -0.4 is 5.32 Å². The number of rotatable bonds is 5. The Balaban J connectivity index is 1.76. The van der Waals surface area contributed by atoms with Crippen molar-refractivity contribution in [1.82, 2.24) is 4.31 Å². The van der Waals surface area contributed by atoms with Crippen molar-refractivity contribution < 1.29 is 17.6 Å². The van der Waals surface area contributed by atoms with Gasteiger partial charge in [-0.3, -0.25) is 4.79 Å². The highest BCUT2D eigenvalue weighted by molar-refractivity contribution is 7.89. The number of carbonyl (C=O) groups is 1. The molecule has 2 aromatic rings. The van der Waals surface area contributed by atoms with Crippen LogP contribution in [0.25, 0.3) is 6.08 Å². The van der Waals surface area contributed by atoms with E-state index in [1.165, 1.54) is 16.4 Å². The average molecular weight is 388 g/mol. The molecule has 3 rings (SSSR count). The lowest BCUT2D eigenvalue weighted by atomic mass is 10.2. The number of amides is 1. The van der Waals surface area contributed by atoms with Gasteiger partial charge in [-0.05, 0) is 62.6 Å². The van der Waals surface area contributed by atoms with Crippen molar-refractivity contribution in [2.45, 2.75) is 38.0 Å². The lowest BCUT2D eigenvalue weighted by molar-refractivity contribution is -0.111. The van der Waals surface area contributed by atoms with E-state index in [-0.39, 0.29) is 10.8 Å². The SMILES string of the molecule is Cc1ccc(/C=C/C(=O)Nc2cc(S(=O)(=O)N3CCCCC3)ccc2C)o1. The molecule has 1 aliphatic heterocycles. The normalized spacial score (nSPS) is 15.9. The molecule has 1 aromatic heterocycles. The fraction of sp³-hybridized carbons (Fsp3) is 0.350. The Hall–Kier alpha value is -2.38. The van der Waals surface area contributed by atoms with E-state index in [2.05, 4.69) is 5.32 Å². The molecule has 1 N–H and O–H groups in total. The maximum atomic E-state index is 12.8. The number of carbonyl (C=O) groups excluding carboxylic acids is 1. The zero-order valence-electron chi connectivity index (χ0n) is 15.6. The first-order valence-electron chi connectivity index (χ1n) is 9.02. The van der Waals surface area contributed by atoms with Crippen molar-refractivity contribution in [2.75, 3.05) is 18.4 Å². The molecule has 7 heteroatoms. The van der Waals surface area contributed by atoms with Crippen molar-refractivity contribution in [3.05, 3.63) is 53.5 Å². The summed E-state index contributed by atoms with van der Waals surface area (Å²) >= 11 is 0. The van der Waals surface area contributed by atoms with Crippen LogP contribution in [0.5, 0.6) is 0 Å². The maximum absolute atomic E-state index is 12.8. The summed E-state index contributed by atoms with van der Waals surface area (Å²) in [6.45, 7) is 4.74. The summed E-state index contributed by atoms with van der Waals surface area (Å²) in [4.78, 5) is 12.4. The van der Waals surface area contributed by atoms with E-state index in [9.17, 15) is 13.2 Å². The number of benzene rings is 1. The topological polar surface area (TPSA) is 79.6 Å². The molecule has 1 fully saturated rings. The highest BCUT2D eigenvalue weighted by Gasteiger charge is 2.26. The monoisotopic (exact) mass is 388 g/mol. The summed E-state index contributed by atoms with van der Waals surface area (Å²) in [5.74, 6) is 1.00. The second-order valence-electron chi connectivity index (χ2n) is 6.71. The summed E-state index contributed by atoms with van der Waals surface area (Å²) < 4.78 is 32.6. The largest absolute Gasteiger partial charge is 0.462 e. The molecular weight excluding hydrogens is 364 g/mol. The first-order valence-corrected chi connectivity index (χ1v) is 10.5. The predicted molar refractivity (Wildman–Crippen MR) is 105 cm³/mol. The molecule has 0 bridgehead atoms. The van der Waals surface area contributed by atoms with Gasteiger partial charge in [-0.15, -0.1) is 0 Å². The molecule has 1 amide bonds. The van der Waals surface area contributed by atoms with Gasteiger partial charge in [-0.2, -0.15) is 4.31 Å². The van der Waals surface area contributed by atoms with Gasteiger partial charge in [0, 0.05) is 24.9 Å². The van der Waals surface area contributed by atoms with Crippen molar-refractivity contribution in [3.8, 4) is 0 Å². The van der Waals surface area contributed by atoms with E-state index >= 15 is 0 Å². The van der Waals surface area contributed by atoms with Crippen LogP contribution in [0.3, 0.4) is 0 Å². The first-order chi connectivity index (χ1) is 12.9. The molecule has 1 aromatic carbocycles. The molecule has 144 valence electrons. The number of furan rings is 1. The van der Waals surface area contributed by atoms with Gasteiger partial charge < -0.3 is 9.73 Å². The minimum atomic E-state index is -3.54. The average Bonchev–Trinajstić information content (AvgIpc) is 3.08. The second-order valence-corrected chi connectivity index (χ2v) is 8.65. The molecule has 1 saturated heterocycles. The van der Waals surface area contributed by atoms with Crippen molar-refractivity contribution in [2.24, 2.45) is 0 Å². The van der Waals surface area contributed by atoms with Crippen LogP contribution in [0, 0.1) is 13.8 Å². The molecule has 0 saturated carbocycles. The van der Waals surface area contributed by atoms with Gasteiger partial charge in [0.1, 0.15) is 11.5 Å². The Morgan fingerprint density at radius 2 is 1.85 bits per heavy atom. The van der Waals surface area contributed by atoms with E-state index < -0.39 is 10.0 Å². The molecule has 27 heavy (non-hydrogen) atoms. The molecule has 0 atom stereocenters. The zero-order valence-corrected chi connectivity index (χ0v) is 16.4. The fourth-order valence-electron chi connectivity index (χ4n) is 3.03. The highest BCUT2D eigenvalue weighted by atomic mass is 32.2. The Morgan fingerprint density at radius 3 is 2.52 bits per heavy atom. The molecule has 0 unspecified atom stereocenters. The molecule has 0 spiro atoms. The van der Waals surface area contributed by atoms with E-state index in [1.54, 1.807) is 24.3 Å². The van der Waals surface area contributed by atoms with Crippen LogP contribution in [0.2, 0.25) is 0 Å². The van der Waals surface area contributed by atoms with Crippen molar-refractivity contribution >= 4 is 27.7 Å². The number of piperidine rings is 1. The minimum Gasteiger partial charge on any atom is -0.462 e. The van der Waals surface area contributed by atoms with E-state index in [0.717, 1.165) is 30.6 Å². The number of nitrogens with one attached hydrogen (secondary N) is 1. The zero-order chi connectivity index (χ0) is 19.4. The Bertz CT molecular complexity index is 954. The summed E-state index contributed by atoms with van der Waals surface area (Å²) in [6.07, 6.45) is 5.76. The predicted octanol–water partition coefficient (Wildman–Crippen LogP) is 3.72. The van der Waals surface area contributed by atoms with Crippen LogP contribution >= 0.6 is 0 Å². The molecule has 6 nitrogen and oxygen atoms in total. The number of anilines is 1. The van der Waals surface area contributed by atoms with E-state index in [4.69, 9.17) is 4.42 Å². The second kappa shape index (κ2) is 8.10. The lowest BCUT2D eigenvalue weighted by Crippen LogP contribution is -2.35. The van der Waals surface area contributed by atoms with Crippen LogP contribution in [0.4, 0.5) is 5.69 Å². The number of nitrogens with zero attached hydrogens (tertiary/aromatic N) is 1. The van der Waals surface area contributed by atoms with Gasteiger partial charge in [0.05, 0.1) is 4.90 Å². The number of hydrogen-bond acceptors (Lipinski definition) is 4. The molecular formula is C20H24N2O4S. The van der Waals surface area contributed by atoms with Gasteiger partial charge in [-0.25, -0.2) is 8.42 Å². The van der Waals surface area contributed by atoms with Crippen molar-refractivity contribution in [1.29, 1.82) is 0 Å². The van der Waals surface area contributed by atoms with Crippen LogP contribution in [-0.4, -0.2) is 31.7 Å². The third kappa shape index (κ3) is 4.67. The third-order valence-electron chi connectivity index (χ3n) is 4.58. The smallest absolute Gasteiger partial charge is 0.248 e. The Morgan fingerprint density at radius 1 is 1.11 bits per heavy atom. The first kappa shape index (κ1) is 19.4. The fourth-order valence-corrected chi connectivity index (χ4v) is 4.57. The summed E-state index contributed by atoms with van der Waals surface area (Å²) in [6, 6.07) is 8.43. The molecule has 1 aliphatic rings. The molecule has 0 radical (unpaired) electrons.